The summed E-state index contributed by atoms with van der Waals surface area (Å²) < 4.78 is 0. The fraction of sp³-hybridized carbons (Fsp3) is 0.667. The fourth-order valence-corrected chi connectivity index (χ4v) is 1.01. The molecule has 6 nitrogen and oxygen atoms in total. The molecule has 1 aromatic heterocycles. The van der Waals surface area contributed by atoms with E-state index >= 15 is 0 Å². The van der Waals surface area contributed by atoms with Crippen molar-refractivity contribution in [1.82, 2.24) is 19.8 Å². The molecule has 0 aromatic carbocycles. The predicted molar refractivity (Wildman–Crippen MR) is 67.6 cm³/mol. The Hall–Kier alpha value is -0.261. The van der Waals surface area contributed by atoms with Crippen LogP contribution in [0.4, 0.5) is 11.9 Å². The van der Waals surface area contributed by atoms with Gasteiger partial charge in [-0.25, -0.2) is 0 Å². The van der Waals surface area contributed by atoms with Crippen LogP contribution < -0.4 is 9.71 Å². The predicted octanol–water partition coefficient (Wildman–Crippen LogP) is -0.0966. The first-order valence-electron chi connectivity index (χ1n) is 4.54. The van der Waals surface area contributed by atoms with E-state index in [-0.39, 0.29) is 40.1 Å². The zero-order valence-electron chi connectivity index (χ0n) is 10.3. The Kier molecular flexibility index (Phi) is 9.85. The largest absolute Gasteiger partial charge is 0.431 e. The number of nitrogens with zero attached hydrogens (tertiary/aromatic N) is 6. The van der Waals surface area contributed by atoms with Gasteiger partial charge in [-0.15, -0.1) is 0 Å². The van der Waals surface area contributed by atoms with Crippen LogP contribution in [0.2, 0.25) is 0 Å². The van der Waals surface area contributed by atoms with E-state index in [0.717, 1.165) is 0 Å². The SMILES string of the molecule is C.CN(C)[B]N(C)c1n[c-]nc(N(C)C)n1.[Y]. The summed E-state index contributed by atoms with van der Waals surface area (Å²) in [6, 6.07) is 0. The molecule has 17 heavy (non-hydrogen) atoms. The molecule has 92 valence electrons. The molecule has 8 heteroatoms. The van der Waals surface area contributed by atoms with Gasteiger partial charge in [0.1, 0.15) is 11.9 Å². The number of aromatic nitrogens is 3. The summed E-state index contributed by atoms with van der Waals surface area (Å²) in [4.78, 5) is 17.7. The standard InChI is InChI=1S/C8H15BN6.CH4.Y/c1-13(2)7-10-6-11-8(12-7)15(5)9-14(3)4;;/h1-5H3;1H4;/q-1;;. The molecule has 0 bridgehead atoms. The summed E-state index contributed by atoms with van der Waals surface area (Å²) >= 11 is 0. The normalized spacial score (nSPS) is 9.06. The minimum atomic E-state index is 0. The minimum absolute atomic E-state index is 0. The van der Waals surface area contributed by atoms with Gasteiger partial charge in [0.25, 0.3) is 0 Å². The van der Waals surface area contributed by atoms with Gasteiger partial charge in [-0.3, -0.25) is 0 Å². The van der Waals surface area contributed by atoms with Gasteiger partial charge in [-0.05, 0) is 35.2 Å². The first-order chi connectivity index (χ1) is 7.00. The number of anilines is 2. The van der Waals surface area contributed by atoms with Gasteiger partial charge in [0, 0.05) is 39.0 Å². The zero-order valence-corrected chi connectivity index (χ0v) is 13.2. The van der Waals surface area contributed by atoms with Crippen molar-refractivity contribution in [2.75, 3.05) is 44.9 Å². The molecule has 1 aromatic rings. The average Bonchev–Trinajstić information content (AvgIpc) is 2.17. The van der Waals surface area contributed by atoms with Gasteiger partial charge in [0.05, 0.1) is 0 Å². The number of hydrogen-bond acceptors (Lipinski definition) is 6. The summed E-state index contributed by atoms with van der Waals surface area (Å²) in [7, 11) is 11.4. The van der Waals surface area contributed by atoms with Crippen LogP contribution in [0.25, 0.3) is 0 Å². The van der Waals surface area contributed by atoms with Gasteiger partial charge in [0.2, 0.25) is 0 Å². The van der Waals surface area contributed by atoms with Crippen LogP contribution in [-0.4, -0.2) is 62.6 Å². The molecule has 0 fully saturated rings. The van der Waals surface area contributed by atoms with E-state index in [0.29, 0.717) is 11.9 Å². The van der Waals surface area contributed by atoms with E-state index < -0.39 is 0 Å². The van der Waals surface area contributed by atoms with Gasteiger partial charge in [-0.2, -0.15) is 0 Å². The summed E-state index contributed by atoms with van der Waals surface area (Å²) in [5.74, 6) is 1.17. The molecule has 0 atom stereocenters. The molecule has 0 saturated carbocycles. The maximum atomic E-state index is 4.27. The van der Waals surface area contributed by atoms with Gasteiger partial charge < -0.3 is 29.5 Å². The molecule has 1 rings (SSSR count). The Labute approximate surface area is 130 Å². The van der Waals surface area contributed by atoms with Crippen LogP contribution >= 0.6 is 0 Å². The van der Waals surface area contributed by atoms with Crippen molar-refractivity contribution in [3.05, 3.63) is 6.33 Å². The molecule has 0 spiro atoms. The van der Waals surface area contributed by atoms with E-state index in [9.17, 15) is 0 Å². The molecule has 0 aliphatic rings. The van der Waals surface area contributed by atoms with Crippen molar-refractivity contribution < 1.29 is 32.7 Å². The van der Waals surface area contributed by atoms with E-state index in [4.69, 9.17) is 0 Å². The van der Waals surface area contributed by atoms with Crippen LogP contribution in [0.1, 0.15) is 7.43 Å². The van der Waals surface area contributed by atoms with Crippen LogP contribution in [0.15, 0.2) is 0 Å². The van der Waals surface area contributed by atoms with E-state index in [1.54, 1.807) is 0 Å². The van der Waals surface area contributed by atoms with Crippen LogP contribution in [0.5, 0.6) is 0 Å². The molecule has 0 amide bonds. The molecule has 2 radical (unpaired) electrons. The fourth-order valence-electron chi connectivity index (χ4n) is 1.01. The summed E-state index contributed by atoms with van der Waals surface area (Å²) in [5.41, 5.74) is 0. The van der Waals surface area contributed by atoms with E-state index in [1.165, 1.54) is 0 Å². The topological polar surface area (TPSA) is 48.4 Å². The first-order valence-corrected chi connectivity index (χ1v) is 4.54. The summed E-state index contributed by atoms with van der Waals surface area (Å²) in [6.45, 7) is 0. The monoisotopic (exact) mass is 311 g/mol. The quantitative estimate of drug-likeness (QED) is 0.572. The minimum Gasteiger partial charge on any atom is -0.431 e. The molecule has 0 N–H and O–H groups in total. The Morgan fingerprint density at radius 3 is 2.00 bits per heavy atom. The Balaban J connectivity index is 0. The van der Waals surface area contributed by atoms with E-state index in [1.807, 2.05) is 57.3 Å². The maximum Gasteiger partial charge on any atom is 0.341 e. The molecule has 0 aliphatic carbocycles. The third-order valence-electron chi connectivity index (χ3n) is 1.62. The Morgan fingerprint density at radius 1 is 1.00 bits per heavy atom. The van der Waals surface area contributed by atoms with Crippen LogP contribution in [0, 0.1) is 6.33 Å². The van der Waals surface area contributed by atoms with E-state index in [2.05, 4.69) is 21.3 Å². The Bertz CT molecular complexity index is 322. The molecule has 0 unspecified atom stereocenters. The summed E-state index contributed by atoms with van der Waals surface area (Å²) in [5, 5.41) is 0. The maximum absolute atomic E-state index is 4.27. The van der Waals surface area contributed by atoms with Gasteiger partial charge in [-0.1, -0.05) is 7.43 Å². The molecule has 1 heterocycles. The number of rotatable bonds is 4. The van der Waals surface area contributed by atoms with Crippen LogP contribution in [0.3, 0.4) is 0 Å². The molecule has 0 aliphatic heterocycles. The first kappa shape index (κ1) is 19.1. The van der Waals surface area contributed by atoms with Crippen molar-refractivity contribution >= 4 is 19.4 Å². The second-order valence-electron chi connectivity index (χ2n) is 3.62. The third-order valence-corrected chi connectivity index (χ3v) is 1.62. The van der Waals surface area contributed by atoms with Crippen molar-refractivity contribution in [2.24, 2.45) is 0 Å². The van der Waals surface area contributed by atoms with Crippen LogP contribution in [-0.2, 0) is 32.7 Å². The van der Waals surface area contributed by atoms with Gasteiger partial charge >= 0.3 is 7.55 Å². The Morgan fingerprint density at radius 2 is 1.53 bits per heavy atom. The molecular weight excluding hydrogens is 292 g/mol. The second kappa shape index (κ2) is 8.78. The van der Waals surface area contributed by atoms with Gasteiger partial charge in [0.15, 0.2) is 0 Å². The van der Waals surface area contributed by atoms with Crippen molar-refractivity contribution in [1.29, 1.82) is 0 Å². The molecule has 0 saturated heterocycles. The zero-order chi connectivity index (χ0) is 11.4. The third kappa shape index (κ3) is 6.29. The van der Waals surface area contributed by atoms with Crippen molar-refractivity contribution in [3.63, 3.8) is 0 Å². The smallest absolute Gasteiger partial charge is 0.341 e. The molecular formula is C9H19BN6Y-. The second-order valence-corrected chi connectivity index (χ2v) is 3.62. The average molecular weight is 311 g/mol. The van der Waals surface area contributed by atoms with Crippen molar-refractivity contribution in [3.8, 4) is 0 Å². The summed E-state index contributed by atoms with van der Waals surface area (Å²) in [6.07, 6.45) is 2.58. The number of hydrogen-bond donors (Lipinski definition) is 0. The van der Waals surface area contributed by atoms with Crippen molar-refractivity contribution in [2.45, 2.75) is 7.43 Å².